The third-order valence-electron chi connectivity index (χ3n) is 1.61. The monoisotopic (exact) mass is 218 g/mol. The number of nitrogens with zero attached hydrogens (tertiary/aromatic N) is 2. The first kappa shape index (κ1) is 10.3. The van der Waals surface area contributed by atoms with Crippen molar-refractivity contribution in [1.29, 1.82) is 0 Å². The Bertz CT molecular complexity index is 316. The van der Waals surface area contributed by atoms with Crippen LogP contribution in [0.15, 0.2) is 17.3 Å². The predicted molar refractivity (Wildman–Crippen MR) is 56.2 cm³/mol. The third-order valence-corrected chi connectivity index (χ3v) is 2.19. The Balaban J connectivity index is 3.28. The Morgan fingerprint density at radius 3 is 2.00 bits per heavy atom. The summed E-state index contributed by atoms with van der Waals surface area (Å²) in [6.45, 7) is 0. The summed E-state index contributed by atoms with van der Waals surface area (Å²) in [4.78, 5) is 12.1. The normalized spacial score (nSPS) is 9.85. The molecule has 0 radical (unpaired) electrons. The molecule has 0 amide bonds. The predicted octanol–water partition coefficient (Wildman–Crippen LogP) is 3.46. The van der Waals surface area contributed by atoms with E-state index in [4.69, 9.17) is 23.2 Å². The Kier molecular flexibility index (Phi) is 3.12. The zero-order chi connectivity index (χ0) is 10.0. The summed E-state index contributed by atoms with van der Waals surface area (Å²) in [5.41, 5.74) is 0.927. The number of hydrogen-bond donors (Lipinski definition) is 0. The van der Waals surface area contributed by atoms with Gasteiger partial charge in [-0.1, -0.05) is 23.2 Å². The molecule has 0 atom stereocenters. The SMILES string of the molecule is CN(C)c1cc(Cl)c(N=O)c(Cl)c1. The van der Waals surface area contributed by atoms with Crippen molar-refractivity contribution in [2.24, 2.45) is 5.18 Å². The number of nitroso groups, excluding NO2 is 1. The van der Waals surface area contributed by atoms with Gasteiger partial charge in [-0.25, -0.2) is 0 Å². The zero-order valence-electron chi connectivity index (χ0n) is 7.21. The molecule has 5 heteroatoms. The summed E-state index contributed by atoms with van der Waals surface area (Å²) in [5, 5.41) is 3.28. The maximum atomic E-state index is 10.3. The van der Waals surface area contributed by atoms with Crippen molar-refractivity contribution in [3.05, 3.63) is 27.1 Å². The lowest BCUT2D eigenvalue weighted by Crippen LogP contribution is -2.08. The second kappa shape index (κ2) is 3.94. The quantitative estimate of drug-likeness (QED) is 0.713. The molecule has 70 valence electrons. The van der Waals surface area contributed by atoms with Crippen LogP contribution in [0.4, 0.5) is 11.4 Å². The molecule has 0 saturated heterocycles. The smallest absolute Gasteiger partial charge is 0.145 e. The van der Waals surface area contributed by atoms with Crippen LogP contribution in [-0.2, 0) is 0 Å². The Labute approximate surface area is 86.2 Å². The van der Waals surface area contributed by atoms with Crippen molar-refractivity contribution >= 4 is 34.6 Å². The number of hydrogen-bond acceptors (Lipinski definition) is 3. The molecule has 0 aliphatic heterocycles. The number of benzene rings is 1. The summed E-state index contributed by atoms with van der Waals surface area (Å²) in [6.07, 6.45) is 0. The second-order valence-corrected chi connectivity index (χ2v) is 3.56. The first-order chi connectivity index (χ1) is 6.06. The molecule has 0 aliphatic carbocycles. The largest absolute Gasteiger partial charge is 0.378 e. The fourth-order valence-corrected chi connectivity index (χ4v) is 1.44. The fraction of sp³-hybridized carbons (Fsp3) is 0.250. The molecule has 0 saturated carbocycles. The average molecular weight is 219 g/mol. The molecule has 0 aliphatic rings. The Hall–Kier alpha value is -0.800. The van der Waals surface area contributed by atoms with E-state index < -0.39 is 0 Å². The highest BCUT2D eigenvalue weighted by Crippen LogP contribution is 2.36. The molecule has 3 nitrogen and oxygen atoms in total. The van der Waals surface area contributed by atoms with Gasteiger partial charge in [0.2, 0.25) is 0 Å². The lowest BCUT2D eigenvalue weighted by Gasteiger charge is -2.13. The molecule has 0 fully saturated rings. The lowest BCUT2D eigenvalue weighted by atomic mass is 10.2. The molecule has 0 aromatic heterocycles. The van der Waals surface area contributed by atoms with E-state index in [0.29, 0.717) is 0 Å². The van der Waals surface area contributed by atoms with E-state index in [-0.39, 0.29) is 15.7 Å². The molecular formula is C8H8Cl2N2O. The van der Waals surface area contributed by atoms with Crippen molar-refractivity contribution in [1.82, 2.24) is 0 Å². The van der Waals surface area contributed by atoms with E-state index >= 15 is 0 Å². The number of rotatable bonds is 2. The summed E-state index contributed by atoms with van der Waals surface area (Å²) >= 11 is 11.5. The van der Waals surface area contributed by atoms with E-state index in [0.717, 1.165) is 5.69 Å². The van der Waals surface area contributed by atoms with Crippen LogP contribution in [0, 0.1) is 4.91 Å². The summed E-state index contributed by atoms with van der Waals surface area (Å²) in [5.74, 6) is 0. The molecule has 1 aromatic carbocycles. The Morgan fingerprint density at radius 1 is 1.23 bits per heavy atom. The van der Waals surface area contributed by atoms with Gasteiger partial charge in [0.05, 0.1) is 10.0 Å². The van der Waals surface area contributed by atoms with Crippen LogP contribution in [0.25, 0.3) is 0 Å². The topological polar surface area (TPSA) is 32.7 Å². The molecule has 0 bridgehead atoms. The molecule has 0 spiro atoms. The van der Waals surface area contributed by atoms with Crippen molar-refractivity contribution < 1.29 is 0 Å². The minimum absolute atomic E-state index is 0.0916. The highest BCUT2D eigenvalue weighted by molar-refractivity contribution is 6.39. The first-order valence-electron chi connectivity index (χ1n) is 3.56. The maximum Gasteiger partial charge on any atom is 0.145 e. The number of anilines is 1. The lowest BCUT2D eigenvalue weighted by molar-refractivity contribution is 1.13. The van der Waals surface area contributed by atoms with Crippen molar-refractivity contribution in [2.45, 2.75) is 0 Å². The van der Waals surface area contributed by atoms with E-state index in [9.17, 15) is 4.91 Å². The maximum absolute atomic E-state index is 10.3. The van der Waals surface area contributed by atoms with Crippen molar-refractivity contribution in [3.8, 4) is 0 Å². The third kappa shape index (κ3) is 2.11. The number of halogens is 2. The van der Waals surface area contributed by atoms with E-state index in [1.807, 2.05) is 19.0 Å². The fourth-order valence-electron chi connectivity index (χ4n) is 0.898. The van der Waals surface area contributed by atoms with Gasteiger partial charge in [0.1, 0.15) is 5.69 Å². The van der Waals surface area contributed by atoms with E-state index in [1.54, 1.807) is 12.1 Å². The van der Waals surface area contributed by atoms with Gasteiger partial charge in [-0.3, -0.25) is 0 Å². The zero-order valence-corrected chi connectivity index (χ0v) is 8.73. The van der Waals surface area contributed by atoms with Crippen LogP contribution in [0.5, 0.6) is 0 Å². The second-order valence-electron chi connectivity index (χ2n) is 2.74. The summed E-state index contributed by atoms with van der Waals surface area (Å²) < 4.78 is 0. The minimum atomic E-state index is 0.0916. The average Bonchev–Trinajstić information content (AvgIpc) is 2.03. The van der Waals surface area contributed by atoms with Crippen LogP contribution in [-0.4, -0.2) is 14.1 Å². The molecule has 13 heavy (non-hydrogen) atoms. The molecule has 0 N–H and O–H groups in total. The Morgan fingerprint density at radius 2 is 1.69 bits per heavy atom. The van der Waals surface area contributed by atoms with Crippen LogP contribution < -0.4 is 4.90 Å². The minimum Gasteiger partial charge on any atom is -0.378 e. The highest BCUT2D eigenvalue weighted by Gasteiger charge is 2.09. The van der Waals surface area contributed by atoms with Crippen LogP contribution in [0.2, 0.25) is 10.0 Å². The van der Waals surface area contributed by atoms with Gasteiger partial charge in [0, 0.05) is 19.8 Å². The van der Waals surface area contributed by atoms with Gasteiger partial charge in [-0.15, -0.1) is 4.91 Å². The van der Waals surface area contributed by atoms with Gasteiger partial charge >= 0.3 is 0 Å². The van der Waals surface area contributed by atoms with Gasteiger partial charge in [-0.05, 0) is 17.3 Å². The molecular weight excluding hydrogens is 211 g/mol. The van der Waals surface area contributed by atoms with Crippen molar-refractivity contribution in [3.63, 3.8) is 0 Å². The molecule has 0 heterocycles. The molecule has 1 aromatic rings. The van der Waals surface area contributed by atoms with Gasteiger partial charge in [0.25, 0.3) is 0 Å². The van der Waals surface area contributed by atoms with E-state index in [2.05, 4.69) is 5.18 Å². The molecule has 1 rings (SSSR count). The summed E-state index contributed by atoms with van der Waals surface area (Å²) in [6, 6.07) is 3.29. The summed E-state index contributed by atoms with van der Waals surface area (Å²) in [7, 11) is 3.71. The molecule has 0 unspecified atom stereocenters. The first-order valence-corrected chi connectivity index (χ1v) is 4.31. The highest BCUT2D eigenvalue weighted by atomic mass is 35.5. The van der Waals surface area contributed by atoms with Crippen LogP contribution in [0.3, 0.4) is 0 Å². The van der Waals surface area contributed by atoms with Gasteiger partial charge in [-0.2, -0.15) is 0 Å². The van der Waals surface area contributed by atoms with Crippen molar-refractivity contribution in [2.75, 3.05) is 19.0 Å². The van der Waals surface area contributed by atoms with Crippen LogP contribution >= 0.6 is 23.2 Å². The van der Waals surface area contributed by atoms with Gasteiger partial charge in [0.15, 0.2) is 0 Å². The standard InChI is InChI=1S/C8H8Cl2N2O/c1-12(2)5-3-6(9)8(11-13)7(10)4-5/h3-4H,1-2H3. The van der Waals surface area contributed by atoms with E-state index in [1.165, 1.54) is 0 Å². The van der Waals surface area contributed by atoms with Gasteiger partial charge < -0.3 is 4.90 Å². The van der Waals surface area contributed by atoms with Crippen LogP contribution in [0.1, 0.15) is 0 Å².